The zero-order valence-corrected chi connectivity index (χ0v) is 13.4. The van der Waals surface area contributed by atoms with E-state index in [0.29, 0.717) is 30.0 Å². The van der Waals surface area contributed by atoms with E-state index < -0.39 is 9.84 Å². The van der Waals surface area contributed by atoms with Gasteiger partial charge in [0.1, 0.15) is 0 Å². The van der Waals surface area contributed by atoms with Gasteiger partial charge < -0.3 is 5.32 Å². The molecule has 5 heteroatoms. The molecule has 0 aromatic heterocycles. The molecule has 0 radical (unpaired) electrons. The zero-order valence-electron chi connectivity index (χ0n) is 12.5. The number of nitriles is 1. The molecular formula is C16H22N2O2S. The first kappa shape index (κ1) is 16.0. The second-order valence-electron chi connectivity index (χ2n) is 5.93. The van der Waals surface area contributed by atoms with Crippen molar-refractivity contribution in [1.82, 2.24) is 5.32 Å². The van der Waals surface area contributed by atoms with Crippen LogP contribution in [-0.4, -0.2) is 26.8 Å². The van der Waals surface area contributed by atoms with E-state index in [1.54, 1.807) is 18.2 Å². The highest BCUT2D eigenvalue weighted by Crippen LogP contribution is 2.30. The van der Waals surface area contributed by atoms with E-state index in [4.69, 9.17) is 5.26 Å². The van der Waals surface area contributed by atoms with Crippen molar-refractivity contribution in [1.29, 1.82) is 5.26 Å². The molecule has 0 bridgehead atoms. The number of nitrogens with zero attached hydrogens (tertiary/aromatic N) is 1. The van der Waals surface area contributed by atoms with Crippen molar-refractivity contribution in [2.45, 2.75) is 37.6 Å². The van der Waals surface area contributed by atoms with Crippen LogP contribution < -0.4 is 5.32 Å². The third-order valence-corrected chi connectivity index (χ3v) is 6.28. The van der Waals surface area contributed by atoms with E-state index in [-0.39, 0.29) is 10.6 Å². The summed E-state index contributed by atoms with van der Waals surface area (Å²) in [7, 11) is -3.33. The molecule has 2 rings (SSSR count). The van der Waals surface area contributed by atoms with Gasteiger partial charge in [-0.05, 0) is 42.9 Å². The summed E-state index contributed by atoms with van der Waals surface area (Å²) in [5.74, 6) is 1.36. The second-order valence-corrected chi connectivity index (χ2v) is 8.04. The second kappa shape index (κ2) is 6.59. The number of sulfone groups is 1. The smallest absolute Gasteiger partial charge is 0.179 e. The largest absolute Gasteiger partial charge is 0.313 e. The van der Waals surface area contributed by atoms with E-state index in [1.807, 2.05) is 6.07 Å². The molecule has 21 heavy (non-hydrogen) atoms. The number of rotatable bonds is 5. The Bertz CT molecular complexity index is 634. The molecule has 3 atom stereocenters. The normalized spacial score (nSPS) is 25.7. The number of nitrogens with one attached hydrogen (secondary N) is 1. The van der Waals surface area contributed by atoms with Crippen molar-refractivity contribution in [2.24, 2.45) is 11.8 Å². The SMILES string of the molecule is CC1CCC(NCCS(=O)(=O)c2cccc(C#N)c2)C1C. The maximum atomic E-state index is 12.3. The molecule has 0 spiro atoms. The lowest BCUT2D eigenvalue weighted by atomic mass is 9.98. The number of benzene rings is 1. The summed E-state index contributed by atoms with van der Waals surface area (Å²) in [5.41, 5.74) is 0.377. The fraction of sp³-hybridized carbons (Fsp3) is 0.562. The van der Waals surface area contributed by atoms with Crippen molar-refractivity contribution >= 4 is 9.84 Å². The lowest BCUT2D eigenvalue weighted by Crippen LogP contribution is -2.35. The van der Waals surface area contributed by atoms with Gasteiger partial charge in [0.2, 0.25) is 0 Å². The number of hydrogen-bond donors (Lipinski definition) is 1. The fourth-order valence-corrected chi connectivity index (χ4v) is 4.12. The Balaban J connectivity index is 1.94. The first-order valence-electron chi connectivity index (χ1n) is 7.40. The van der Waals surface area contributed by atoms with Gasteiger partial charge in [0, 0.05) is 12.6 Å². The molecule has 1 aliphatic carbocycles. The summed E-state index contributed by atoms with van der Waals surface area (Å²) in [4.78, 5) is 0.233. The molecule has 114 valence electrons. The molecule has 0 aliphatic heterocycles. The van der Waals surface area contributed by atoms with Crippen LogP contribution in [0.2, 0.25) is 0 Å². The van der Waals surface area contributed by atoms with E-state index in [0.717, 1.165) is 6.42 Å². The monoisotopic (exact) mass is 306 g/mol. The Kier molecular flexibility index (Phi) is 5.02. The lowest BCUT2D eigenvalue weighted by molar-refractivity contribution is 0.376. The van der Waals surface area contributed by atoms with E-state index in [1.165, 1.54) is 12.5 Å². The molecule has 0 heterocycles. The van der Waals surface area contributed by atoms with Crippen LogP contribution in [0.5, 0.6) is 0 Å². The maximum Gasteiger partial charge on any atom is 0.179 e. The van der Waals surface area contributed by atoms with Crippen LogP contribution in [0.3, 0.4) is 0 Å². The maximum absolute atomic E-state index is 12.3. The van der Waals surface area contributed by atoms with Crippen molar-refractivity contribution < 1.29 is 8.42 Å². The Morgan fingerprint density at radius 1 is 1.33 bits per heavy atom. The van der Waals surface area contributed by atoms with Gasteiger partial charge in [-0.25, -0.2) is 8.42 Å². The standard InChI is InChI=1S/C16H22N2O2S/c1-12-6-7-16(13(12)2)18-8-9-21(19,20)15-5-3-4-14(10-15)11-17/h3-5,10,12-13,16,18H,6-9H2,1-2H3. The minimum atomic E-state index is -3.33. The highest BCUT2D eigenvalue weighted by atomic mass is 32.2. The summed E-state index contributed by atoms with van der Waals surface area (Å²) in [5, 5.41) is 12.2. The highest BCUT2D eigenvalue weighted by Gasteiger charge is 2.29. The van der Waals surface area contributed by atoms with Gasteiger partial charge in [-0.2, -0.15) is 5.26 Å². The van der Waals surface area contributed by atoms with Gasteiger partial charge in [-0.15, -0.1) is 0 Å². The third kappa shape index (κ3) is 3.84. The first-order chi connectivity index (χ1) is 9.94. The molecule has 4 nitrogen and oxygen atoms in total. The predicted octanol–water partition coefficient (Wildman–Crippen LogP) is 2.36. The van der Waals surface area contributed by atoms with Crippen LogP contribution in [-0.2, 0) is 9.84 Å². The van der Waals surface area contributed by atoms with Gasteiger partial charge in [0.25, 0.3) is 0 Å². The first-order valence-corrected chi connectivity index (χ1v) is 9.05. The average Bonchev–Trinajstić information content (AvgIpc) is 2.79. The molecule has 1 aromatic carbocycles. The van der Waals surface area contributed by atoms with E-state index >= 15 is 0 Å². The van der Waals surface area contributed by atoms with Gasteiger partial charge in [-0.1, -0.05) is 19.9 Å². The molecule has 1 aliphatic rings. The van der Waals surface area contributed by atoms with Crippen LogP contribution in [0, 0.1) is 23.2 Å². The van der Waals surface area contributed by atoms with Crippen LogP contribution in [0.1, 0.15) is 32.3 Å². The third-order valence-electron chi connectivity index (χ3n) is 4.56. The number of hydrogen-bond acceptors (Lipinski definition) is 4. The Morgan fingerprint density at radius 2 is 2.10 bits per heavy atom. The van der Waals surface area contributed by atoms with Crippen LogP contribution in [0.4, 0.5) is 0 Å². The summed E-state index contributed by atoms with van der Waals surface area (Å²) in [6.45, 7) is 4.93. The quantitative estimate of drug-likeness (QED) is 0.906. The van der Waals surface area contributed by atoms with Gasteiger partial charge in [-0.3, -0.25) is 0 Å². The summed E-state index contributed by atoms with van der Waals surface area (Å²) < 4.78 is 24.5. The predicted molar refractivity (Wildman–Crippen MR) is 82.6 cm³/mol. The van der Waals surface area contributed by atoms with Gasteiger partial charge >= 0.3 is 0 Å². The summed E-state index contributed by atoms with van der Waals surface area (Å²) in [6.07, 6.45) is 2.32. The zero-order chi connectivity index (χ0) is 15.5. The molecule has 1 saturated carbocycles. The molecule has 1 N–H and O–H groups in total. The molecular weight excluding hydrogens is 284 g/mol. The highest BCUT2D eigenvalue weighted by molar-refractivity contribution is 7.91. The minimum Gasteiger partial charge on any atom is -0.313 e. The topological polar surface area (TPSA) is 70.0 Å². The van der Waals surface area contributed by atoms with Gasteiger partial charge in [0.15, 0.2) is 9.84 Å². The molecule has 3 unspecified atom stereocenters. The van der Waals surface area contributed by atoms with E-state index in [9.17, 15) is 8.42 Å². The van der Waals surface area contributed by atoms with Gasteiger partial charge in [0.05, 0.1) is 22.3 Å². The van der Waals surface area contributed by atoms with Crippen LogP contribution in [0.25, 0.3) is 0 Å². The molecule has 1 fully saturated rings. The van der Waals surface area contributed by atoms with Crippen molar-refractivity contribution in [3.05, 3.63) is 29.8 Å². The molecule has 0 amide bonds. The Hall–Kier alpha value is -1.38. The summed E-state index contributed by atoms with van der Waals surface area (Å²) >= 11 is 0. The Labute approximate surface area is 127 Å². The molecule has 0 saturated heterocycles. The van der Waals surface area contributed by atoms with Crippen LogP contribution in [0.15, 0.2) is 29.2 Å². The van der Waals surface area contributed by atoms with Crippen molar-refractivity contribution in [2.75, 3.05) is 12.3 Å². The Morgan fingerprint density at radius 3 is 2.71 bits per heavy atom. The average molecular weight is 306 g/mol. The van der Waals surface area contributed by atoms with E-state index in [2.05, 4.69) is 19.2 Å². The minimum absolute atomic E-state index is 0.0689. The van der Waals surface area contributed by atoms with Crippen molar-refractivity contribution in [3.63, 3.8) is 0 Å². The van der Waals surface area contributed by atoms with Crippen molar-refractivity contribution in [3.8, 4) is 6.07 Å². The van der Waals surface area contributed by atoms with Crippen LogP contribution >= 0.6 is 0 Å². The fourth-order valence-electron chi connectivity index (χ4n) is 2.91. The lowest BCUT2D eigenvalue weighted by Gasteiger charge is -2.19. The summed E-state index contributed by atoms with van der Waals surface area (Å²) in [6, 6.07) is 8.60. The molecule has 1 aromatic rings.